The molecule has 1 N–H and O–H groups in total. The zero-order valence-electron chi connectivity index (χ0n) is 10.3. The third-order valence-corrected chi connectivity index (χ3v) is 3.09. The number of hydrogen-bond donors (Lipinski definition) is 1. The summed E-state index contributed by atoms with van der Waals surface area (Å²) < 4.78 is 0. The Morgan fingerprint density at radius 3 is 2.88 bits per heavy atom. The van der Waals surface area contributed by atoms with Gasteiger partial charge in [0.05, 0.1) is 11.4 Å². The molecule has 88 valence electrons. The summed E-state index contributed by atoms with van der Waals surface area (Å²) in [7, 11) is 0. The molecule has 4 nitrogen and oxygen atoms in total. The highest BCUT2D eigenvalue weighted by molar-refractivity contribution is 5.01. The van der Waals surface area contributed by atoms with E-state index in [2.05, 4.69) is 34.0 Å². The van der Waals surface area contributed by atoms with Crippen molar-refractivity contribution in [1.29, 1.82) is 0 Å². The van der Waals surface area contributed by atoms with E-state index in [9.17, 15) is 0 Å². The Hall–Kier alpha value is -1.00. The Kier molecular flexibility index (Phi) is 3.51. The van der Waals surface area contributed by atoms with Crippen LogP contribution in [0.4, 0.5) is 0 Å². The van der Waals surface area contributed by atoms with Crippen molar-refractivity contribution in [3.63, 3.8) is 0 Å². The lowest BCUT2D eigenvalue weighted by Crippen LogP contribution is -2.53. The van der Waals surface area contributed by atoms with Crippen LogP contribution in [0.2, 0.25) is 0 Å². The fourth-order valence-electron chi connectivity index (χ4n) is 2.03. The Bertz CT molecular complexity index is 335. The molecule has 2 heterocycles. The molecule has 2 atom stereocenters. The number of aryl methyl sites for hydroxylation is 1. The van der Waals surface area contributed by atoms with E-state index < -0.39 is 0 Å². The van der Waals surface area contributed by atoms with E-state index in [0.717, 1.165) is 31.0 Å². The monoisotopic (exact) mass is 220 g/mol. The summed E-state index contributed by atoms with van der Waals surface area (Å²) in [5.41, 5.74) is 2.04. The molecule has 2 unspecified atom stereocenters. The van der Waals surface area contributed by atoms with Crippen molar-refractivity contribution < 1.29 is 0 Å². The zero-order chi connectivity index (χ0) is 11.5. The van der Waals surface area contributed by atoms with Crippen LogP contribution in [0.1, 0.15) is 25.2 Å². The number of nitrogens with zero attached hydrogens (tertiary/aromatic N) is 3. The second-order valence-corrected chi connectivity index (χ2v) is 4.74. The van der Waals surface area contributed by atoms with Crippen LogP contribution in [0.15, 0.2) is 12.4 Å². The van der Waals surface area contributed by atoms with Gasteiger partial charge in [0.1, 0.15) is 0 Å². The lowest BCUT2D eigenvalue weighted by molar-refractivity contribution is 0.137. The average molecular weight is 220 g/mol. The van der Waals surface area contributed by atoms with Gasteiger partial charge in [-0.15, -0.1) is 0 Å². The van der Waals surface area contributed by atoms with Crippen LogP contribution in [-0.2, 0) is 6.54 Å². The molecule has 2 rings (SSSR count). The first-order valence-corrected chi connectivity index (χ1v) is 5.90. The number of aromatic nitrogens is 2. The molecular formula is C12H20N4. The second-order valence-electron chi connectivity index (χ2n) is 4.74. The van der Waals surface area contributed by atoms with Gasteiger partial charge in [-0.2, -0.15) is 0 Å². The third kappa shape index (κ3) is 2.77. The molecular weight excluding hydrogens is 200 g/mol. The van der Waals surface area contributed by atoms with E-state index in [4.69, 9.17) is 0 Å². The van der Waals surface area contributed by atoms with E-state index in [0.29, 0.717) is 12.1 Å². The van der Waals surface area contributed by atoms with Gasteiger partial charge in [-0.3, -0.25) is 14.9 Å². The summed E-state index contributed by atoms with van der Waals surface area (Å²) in [6.07, 6.45) is 3.72. The van der Waals surface area contributed by atoms with Crippen molar-refractivity contribution in [3.8, 4) is 0 Å². The van der Waals surface area contributed by atoms with Gasteiger partial charge in [-0.1, -0.05) is 0 Å². The standard InChI is InChI=1S/C12H20N4/c1-9-4-15-12(6-14-9)8-16-7-10(2)13-5-11(16)3/h4,6,10-11,13H,5,7-8H2,1-3H3. The summed E-state index contributed by atoms with van der Waals surface area (Å²) in [4.78, 5) is 11.2. The minimum atomic E-state index is 0.564. The highest BCUT2D eigenvalue weighted by Gasteiger charge is 2.22. The van der Waals surface area contributed by atoms with Gasteiger partial charge >= 0.3 is 0 Å². The minimum absolute atomic E-state index is 0.564. The third-order valence-electron chi connectivity index (χ3n) is 3.09. The van der Waals surface area contributed by atoms with E-state index in [1.807, 2.05) is 19.3 Å². The molecule has 0 amide bonds. The average Bonchev–Trinajstić information content (AvgIpc) is 2.27. The molecule has 0 saturated carbocycles. The highest BCUT2D eigenvalue weighted by atomic mass is 15.2. The van der Waals surface area contributed by atoms with Gasteiger partial charge in [-0.25, -0.2) is 0 Å². The summed E-state index contributed by atoms with van der Waals surface area (Å²) >= 11 is 0. The summed E-state index contributed by atoms with van der Waals surface area (Å²) in [5.74, 6) is 0. The molecule has 1 fully saturated rings. The van der Waals surface area contributed by atoms with Crippen molar-refractivity contribution >= 4 is 0 Å². The molecule has 0 aliphatic carbocycles. The van der Waals surface area contributed by atoms with Crippen LogP contribution >= 0.6 is 0 Å². The minimum Gasteiger partial charge on any atom is -0.311 e. The van der Waals surface area contributed by atoms with Gasteiger partial charge in [0.2, 0.25) is 0 Å². The number of piperazine rings is 1. The maximum Gasteiger partial charge on any atom is 0.0727 e. The number of nitrogens with one attached hydrogen (secondary N) is 1. The maximum atomic E-state index is 4.41. The van der Waals surface area contributed by atoms with Crippen LogP contribution in [0.5, 0.6) is 0 Å². The predicted octanol–water partition coefficient (Wildman–Crippen LogP) is 0.967. The Labute approximate surface area is 97.1 Å². The van der Waals surface area contributed by atoms with Gasteiger partial charge < -0.3 is 5.32 Å². The fourth-order valence-corrected chi connectivity index (χ4v) is 2.03. The predicted molar refractivity (Wildman–Crippen MR) is 64.1 cm³/mol. The Morgan fingerprint density at radius 1 is 1.38 bits per heavy atom. The van der Waals surface area contributed by atoms with Gasteiger partial charge in [0.15, 0.2) is 0 Å². The largest absolute Gasteiger partial charge is 0.311 e. The Balaban J connectivity index is 2.00. The van der Waals surface area contributed by atoms with E-state index in [1.165, 1.54) is 0 Å². The first kappa shape index (κ1) is 11.5. The normalized spacial score (nSPS) is 26.9. The van der Waals surface area contributed by atoms with Crippen LogP contribution in [0, 0.1) is 6.92 Å². The second kappa shape index (κ2) is 4.89. The van der Waals surface area contributed by atoms with Crippen molar-refractivity contribution in [3.05, 3.63) is 23.8 Å². The van der Waals surface area contributed by atoms with Crippen LogP contribution in [0.3, 0.4) is 0 Å². The maximum absolute atomic E-state index is 4.41. The quantitative estimate of drug-likeness (QED) is 0.806. The highest BCUT2D eigenvalue weighted by Crippen LogP contribution is 2.10. The molecule has 1 aromatic rings. The molecule has 0 bridgehead atoms. The molecule has 0 aromatic carbocycles. The molecule has 1 aromatic heterocycles. The van der Waals surface area contributed by atoms with Crippen molar-refractivity contribution in [2.75, 3.05) is 13.1 Å². The van der Waals surface area contributed by atoms with Gasteiger partial charge in [0.25, 0.3) is 0 Å². The topological polar surface area (TPSA) is 41.1 Å². The smallest absolute Gasteiger partial charge is 0.0727 e. The van der Waals surface area contributed by atoms with E-state index >= 15 is 0 Å². The zero-order valence-corrected chi connectivity index (χ0v) is 10.3. The van der Waals surface area contributed by atoms with Gasteiger partial charge in [0, 0.05) is 44.1 Å². The van der Waals surface area contributed by atoms with Crippen molar-refractivity contribution in [2.24, 2.45) is 0 Å². The molecule has 1 aliphatic heterocycles. The molecule has 1 aliphatic rings. The molecule has 16 heavy (non-hydrogen) atoms. The molecule has 0 spiro atoms. The van der Waals surface area contributed by atoms with E-state index in [1.54, 1.807) is 0 Å². The first-order valence-electron chi connectivity index (χ1n) is 5.90. The van der Waals surface area contributed by atoms with Crippen LogP contribution in [0.25, 0.3) is 0 Å². The van der Waals surface area contributed by atoms with Gasteiger partial charge in [-0.05, 0) is 20.8 Å². The van der Waals surface area contributed by atoms with Crippen molar-refractivity contribution in [1.82, 2.24) is 20.2 Å². The number of hydrogen-bond acceptors (Lipinski definition) is 4. The molecule has 1 saturated heterocycles. The lowest BCUT2D eigenvalue weighted by Gasteiger charge is -2.37. The van der Waals surface area contributed by atoms with Crippen molar-refractivity contribution in [2.45, 2.75) is 39.4 Å². The van der Waals surface area contributed by atoms with Crippen LogP contribution < -0.4 is 5.32 Å². The summed E-state index contributed by atoms with van der Waals surface area (Å²) in [6, 6.07) is 1.13. The SMILES string of the molecule is Cc1cnc(CN2CC(C)NCC2C)cn1. The summed E-state index contributed by atoms with van der Waals surface area (Å²) in [6.45, 7) is 9.48. The number of rotatable bonds is 2. The lowest BCUT2D eigenvalue weighted by atomic mass is 10.1. The van der Waals surface area contributed by atoms with Crippen LogP contribution in [-0.4, -0.2) is 40.0 Å². The fraction of sp³-hybridized carbons (Fsp3) is 0.667. The van der Waals surface area contributed by atoms with E-state index in [-0.39, 0.29) is 0 Å². The molecule has 4 heteroatoms. The molecule has 0 radical (unpaired) electrons. The summed E-state index contributed by atoms with van der Waals surface area (Å²) in [5, 5.41) is 3.48. The first-order chi connectivity index (χ1) is 7.65. The Morgan fingerprint density at radius 2 is 2.19 bits per heavy atom.